The molecule has 0 amide bonds. The molecule has 0 radical (unpaired) electrons. The first-order chi connectivity index (χ1) is 9.47. The van der Waals surface area contributed by atoms with Gasteiger partial charge in [0.1, 0.15) is 0 Å². The Morgan fingerprint density at radius 2 is 1.90 bits per heavy atom. The molecular weight excluding hydrogens is 269 g/mol. The largest absolute Gasteiger partial charge is 0.456 e. The molecule has 1 aliphatic heterocycles. The van der Waals surface area contributed by atoms with Crippen LogP contribution in [0.25, 0.3) is 0 Å². The van der Waals surface area contributed by atoms with E-state index in [1.165, 1.54) is 22.9 Å². The number of rotatable bonds is 1. The first kappa shape index (κ1) is 12.7. The average Bonchev–Trinajstić information content (AvgIpc) is 2.69. The highest BCUT2D eigenvalue weighted by molar-refractivity contribution is 6.00. The highest BCUT2D eigenvalue weighted by Gasteiger charge is 2.41. The predicted octanol–water partition coefficient (Wildman–Crippen LogP) is 3.35. The molecule has 2 heterocycles. The van der Waals surface area contributed by atoms with Gasteiger partial charge in [-0.05, 0) is 23.8 Å². The van der Waals surface area contributed by atoms with Gasteiger partial charge >= 0.3 is 6.18 Å². The van der Waals surface area contributed by atoms with Crippen molar-refractivity contribution >= 4 is 17.7 Å². The number of benzene rings is 1. The van der Waals surface area contributed by atoms with E-state index < -0.39 is 12.0 Å². The minimum Gasteiger partial charge on any atom is -0.332 e. The highest BCUT2D eigenvalue weighted by Crippen LogP contribution is 2.27. The molecule has 0 atom stereocenters. The van der Waals surface area contributed by atoms with Crippen LogP contribution in [0.3, 0.4) is 0 Å². The summed E-state index contributed by atoms with van der Waals surface area (Å²) < 4.78 is 39.1. The third-order valence-electron chi connectivity index (χ3n) is 3.16. The number of nitrogens with zero attached hydrogens (tertiary/aromatic N) is 2. The molecule has 0 saturated carbocycles. The summed E-state index contributed by atoms with van der Waals surface area (Å²) in [4.78, 5) is 15.7. The number of aliphatic imine (C=N–C) groups is 1. The molecule has 6 heteroatoms. The Morgan fingerprint density at radius 1 is 1.15 bits per heavy atom. The lowest BCUT2D eigenvalue weighted by atomic mass is 10.1. The first-order valence-corrected chi connectivity index (χ1v) is 5.90. The van der Waals surface area contributed by atoms with E-state index in [0.717, 1.165) is 5.56 Å². The number of aromatic nitrogens is 1. The van der Waals surface area contributed by atoms with E-state index in [4.69, 9.17) is 0 Å². The fourth-order valence-corrected chi connectivity index (χ4v) is 2.19. The molecule has 1 aliphatic rings. The maximum atomic E-state index is 12.6. The SMILES string of the molecule is O=C(c1ccc2n1Cc1ccccc1N=C2)C(F)(F)F. The van der Waals surface area contributed by atoms with Crippen molar-refractivity contribution < 1.29 is 18.0 Å². The van der Waals surface area contributed by atoms with Gasteiger partial charge in [0.15, 0.2) is 0 Å². The molecule has 0 fully saturated rings. The summed E-state index contributed by atoms with van der Waals surface area (Å²) in [6.45, 7) is 0.190. The van der Waals surface area contributed by atoms with Gasteiger partial charge < -0.3 is 4.57 Å². The molecule has 0 N–H and O–H groups in total. The second-order valence-corrected chi connectivity index (χ2v) is 4.44. The number of alkyl halides is 3. The number of para-hydroxylation sites is 1. The van der Waals surface area contributed by atoms with Gasteiger partial charge in [-0.1, -0.05) is 18.2 Å². The van der Waals surface area contributed by atoms with Crippen molar-refractivity contribution in [1.82, 2.24) is 4.57 Å². The number of halogens is 3. The number of Topliss-reactive ketones (excluding diaryl/α,β-unsaturated/α-hetero) is 1. The average molecular weight is 278 g/mol. The fourth-order valence-electron chi connectivity index (χ4n) is 2.19. The lowest BCUT2D eigenvalue weighted by Crippen LogP contribution is -2.26. The van der Waals surface area contributed by atoms with Crippen molar-refractivity contribution in [2.45, 2.75) is 12.7 Å². The van der Waals surface area contributed by atoms with Crippen LogP contribution in [0.5, 0.6) is 0 Å². The van der Waals surface area contributed by atoms with Gasteiger partial charge in [0.25, 0.3) is 5.78 Å². The van der Waals surface area contributed by atoms with Crippen LogP contribution in [-0.2, 0) is 6.54 Å². The highest BCUT2D eigenvalue weighted by atomic mass is 19.4. The predicted molar refractivity (Wildman–Crippen MR) is 67.6 cm³/mol. The third kappa shape index (κ3) is 2.03. The Kier molecular flexibility index (Phi) is 2.74. The van der Waals surface area contributed by atoms with Crippen molar-refractivity contribution in [2.75, 3.05) is 0 Å². The van der Waals surface area contributed by atoms with Crippen molar-refractivity contribution in [1.29, 1.82) is 0 Å². The molecule has 1 aromatic carbocycles. The van der Waals surface area contributed by atoms with Crippen LogP contribution in [0, 0.1) is 0 Å². The second kappa shape index (κ2) is 4.33. The number of carbonyl (C=O) groups excluding carboxylic acids is 1. The van der Waals surface area contributed by atoms with Crippen molar-refractivity contribution in [3.63, 3.8) is 0 Å². The zero-order valence-electron chi connectivity index (χ0n) is 10.2. The lowest BCUT2D eigenvalue weighted by Gasteiger charge is -2.11. The molecule has 0 unspecified atom stereocenters. The fraction of sp³-hybridized carbons (Fsp3) is 0.143. The minimum atomic E-state index is -4.88. The van der Waals surface area contributed by atoms with E-state index >= 15 is 0 Å². The van der Waals surface area contributed by atoms with Crippen LogP contribution < -0.4 is 0 Å². The molecule has 102 valence electrons. The van der Waals surface area contributed by atoms with E-state index in [2.05, 4.69) is 4.99 Å². The summed E-state index contributed by atoms with van der Waals surface area (Å²) in [6, 6.07) is 9.80. The van der Waals surface area contributed by atoms with Crippen LogP contribution in [-0.4, -0.2) is 22.7 Å². The Labute approximate surface area is 112 Å². The van der Waals surface area contributed by atoms with Crippen molar-refractivity contribution in [2.24, 2.45) is 4.99 Å². The van der Waals surface area contributed by atoms with Crippen LogP contribution >= 0.6 is 0 Å². The summed E-state index contributed by atoms with van der Waals surface area (Å²) in [6.07, 6.45) is -3.41. The Balaban J connectivity index is 2.10. The van der Waals surface area contributed by atoms with E-state index in [-0.39, 0.29) is 12.2 Å². The van der Waals surface area contributed by atoms with E-state index in [0.29, 0.717) is 11.4 Å². The first-order valence-electron chi connectivity index (χ1n) is 5.90. The Hall–Kier alpha value is -2.37. The summed E-state index contributed by atoms with van der Waals surface area (Å²) in [7, 11) is 0. The van der Waals surface area contributed by atoms with Gasteiger partial charge in [0.05, 0.1) is 29.8 Å². The zero-order chi connectivity index (χ0) is 14.3. The Bertz CT molecular complexity index is 713. The molecule has 3 nitrogen and oxygen atoms in total. The summed E-state index contributed by atoms with van der Waals surface area (Å²) in [5, 5.41) is 0. The van der Waals surface area contributed by atoms with Crippen LogP contribution in [0.4, 0.5) is 18.9 Å². The second-order valence-electron chi connectivity index (χ2n) is 4.44. The molecular formula is C14H9F3N2O. The number of fused-ring (bicyclic) bond motifs is 2. The monoisotopic (exact) mass is 278 g/mol. The van der Waals surface area contributed by atoms with Gasteiger partial charge in [0, 0.05) is 0 Å². The normalized spacial score (nSPS) is 13.6. The minimum absolute atomic E-state index is 0.190. The lowest BCUT2D eigenvalue weighted by molar-refractivity contribution is -0.0890. The molecule has 3 rings (SSSR count). The molecule has 0 spiro atoms. The summed E-state index contributed by atoms with van der Waals surface area (Å²) in [5.41, 5.74) is 1.58. The maximum absolute atomic E-state index is 12.6. The van der Waals surface area contributed by atoms with Gasteiger partial charge in [-0.25, -0.2) is 0 Å². The molecule has 0 bridgehead atoms. The summed E-state index contributed by atoms with van der Waals surface area (Å²) in [5.74, 6) is -1.84. The molecule has 20 heavy (non-hydrogen) atoms. The molecule has 0 saturated heterocycles. The quantitative estimate of drug-likeness (QED) is 0.628. The van der Waals surface area contributed by atoms with Crippen molar-refractivity contribution in [3.05, 3.63) is 53.3 Å². The van der Waals surface area contributed by atoms with E-state index in [9.17, 15) is 18.0 Å². The van der Waals surface area contributed by atoms with Crippen LogP contribution in [0.15, 0.2) is 41.4 Å². The van der Waals surface area contributed by atoms with Gasteiger partial charge in [0.2, 0.25) is 0 Å². The van der Waals surface area contributed by atoms with Gasteiger partial charge in [-0.2, -0.15) is 13.2 Å². The smallest absolute Gasteiger partial charge is 0.332 e. The Morgan fingerprint density at radius 3 is 2.65 bits per heavy atom. The van der Waals surface area contributed by atoms with E-state index in [1.54, 1.807) is 24.3 Å². The molecule has 2 aromatic rings. The third-order valence-corrected chi connectivity index (χ3v) is 3.16. The topological polar surface area (TPSA) is 34.4 Å². The van der Waals surface area contributed by atoms with E-state index in [1.807, 2.05) is 0 Å². The maximum Gasteiger partial charge on any atom is 0.456 e. The number of hydrogen-bond acceptors (Lipinski definition) is 2. The number of carbonyl (C=O) groups is 1. The van der Waals surface area contributed by atoms with Gasteiger partial charge in [-0.3, -0.25) is 9.79 Å². The van der Waals surface area contributed by atoms with Crippen LogP contribution in [0.2, 0.25) is 0 Å². The van der Waals surface area contributed by atoms with Crippen LogP contribution in [0.1, 0.15) is 21.7 Å². The van der Waals surface area contributed by atoms with Crippen molar-refractivity contribution in [3.8, 4) is 0 Å². The standard InChI is InChI=1S/C14H9F3N2O/c15-14(16,17)13(20)12-6-5-10-7-18-11-4-2-1-3-9(11)8-19(10)12/h1-7H,8H2. The van der Waals surface area contributed by atoms with Gasteiger partial charge in [-0.15, -0.1) is 0 Å². The zero-order valence-corrected chi connectivity index (χ0v) is 10.2. The molecule has 0 aliphatic carbocycles. The summed E-state index contributed by atoms with van der Waals surface area (Å²) >= 11 is 0. The molecule has 1 aromatic heterocycles. The number of hydrogen-bond donors (Lipinski definition) is 0. The number of ketones is 1.